The molecule has 1 amide bonds. The van der Waals surface area contributed by atoms with E-state index >= 15 is 0 Å². The largest absolute Gasteiger partial charge is 0.478 e. The molecular formula is C19H14ClN3O3. The summed E-state index contributed by atoms with van der Waals surface area (Å²) >= 11 is 5.97. The first-order valence-electron chi connectivity index (χ1n) is 7.99. The van der Waals surface area contributed by atoms with Crippen LogP contribution in [0.1, 0.15) is 34.0 Å². The van der Waals surface area contributed by atoms with Gasteiger partial charge < -0.3 is 15.0 Å². The number of carbonyl (C=O) groups excluding carboxylic acids is 1. The number of nitrogens with one attached hydrogen (secondary N) is 1. The molecule has 26 heavy (non-hydrogen) atoms. The molecule has 7 heteroatoms. The van der Waals surface area contributed by atoms with Gasteiger partial charge in [0.2, 0.25) is 5.91 Å². The number of carboxylic acid groups (broad SMARTS) is 1. The van der Waals surface area contributed by atoms with Crippen LogP contribution in [-0.2, 0) is 4.79 Å². The van der Waals surface area contributed by atoms with E-state index in [1.165, 1.54) is 6.20 Å². The molecule has 6 nitrogen and oxygen atoms in total. The Balaban J connectivity index is 1.97. The third kappa shape index (κ3) is 2.74. The first-order chi connectivity index (χ1) is 12.5. The number of pyridine rings is 1. The fourth-order valence-corrected chi connectivity index (χ4v) is 3.44. The van der Waals surface area contributed by atoms with Crippen LogP contribution in [0, 0.1) is 0 Å². The first-order valence-corrected chi connectivity index (χ1v) is 8.36. The molecule has 130 valence electrons. The quantitative estimate of drug-likeness (QED) is 0.739. The lowest BCUT2D eigenvalue weighted by Gasteiger charge is -2.26. The molecule has 1 atom stereocenters. The number of fused-ring (bicyclic) bond motifs is 1. The summed E-state index contributed by atoms with van der Waals surface area (Å²) in [6.45, 7) is 0. The molecule has 0 saturated carbocycles. The van der Waals surface area contributed by atoms with Crippen LogP contribution in [0.5, 0.6) is 0 Å². The van der Waals surface area contributed by atoms with Gasteiger partial charge in [0.25, 0.3) is 0 Å². The fourth-order valence-electron chi connectivity index (χ4n) is 3.32. The van der Waals surface area contributed by atoms with Crippen molar-refractivity contribution in [2.24, 2.45) is 0 Å². The smallest absolute Gasteiger partial charge is 0.339 e. The number of anilines is 1. The minimum Gasteiger partial charge on any atom is -0.478 e. The van der Waals surface area contributed by atoms with Crippen molar-refractivity contribution in [1.82, 2.24) is 9.55 Å². The van der Waals surface area contributed by atoms with E-state index in [0.29, 0.717) is 10.7 Å². The molecular weight excluding hydrogens is 354 g/mol. The molecule has 0 unspecified atom stereocenters. The Kier molecular flexibility index (Phi) is 3.97. The van der Waals surface area contributed by atoms with Crippen LogP contribution in [0.25, 0.3) is 5.69 Å². The maximum Gasteiger partial charge on any atom is 0.339 e. The second kappa shape index (κ2) is 6.31. The summed E-state index contributed by atoms with van der Waals surface area (Å²) in [7, 11) is 0. The van der Waals surface area contributed by atoms with Crippen molar-refractivity contribution in [3.63, 3.8) is 0 Å². The number of carboxylic acids is 1. The molecule has 2 aromatic heterocycles. The lowest BCUT2D eigenvalue weighted by molar-refractivity contribution is -0.116. The molecule has 3 heterocycles. The van der Waals surface area contributed by atoms with Gasteiger partial charge in [-0.1, -0.05) is 11.6 Å². The molecule has 0 fully saturated rings. The second-order valence-corrected chi connectivity index (χ2v) is 6.48. The number of benzene rings is 1. The normalized spacial score (nSPS) is 16.0. The summed E-state index contributed by atoms with van der Waals surface area (Å²) in [6.07, 6.45) is 5.09. The maximum absolute atomic E-state index is 12.2. The number of aromatic nitrogens is 2. The third-order valence-electron chi connectivity index (χ3n) is 4.47. The van der Waals surface area contributed by atoms with Gasteiger partial charge in [-0.3, -0.25) is 9.78 Å². The predicted octanol–water partition coefficient (Wildman–Crippen LogP) is 3.70. The summed E-state index contributed by atoms with van der Waals surface area (Å²) in [5.41, 5.74) is 2.80. The molecule has 3 aromatic rings. The third-order valence-corrected chi connectivity index (χ3v) is 4.72. The van der Waals surface area contributed by atoms with Crippen LogP contribution in [0.2, 0.25) is 5.02 Å². The molecule has 0 saturated heterocycles. The van der Waals surface area contributed by atoms with Crippen LogP contribution in [-0.4, -0.2) is 26.5 Å². The van der Waals surface area contributed by atoms with Gasteiger partial charge in [-0.05, 0) is 42.0 Å². The molecule has 1 aromatic carbocycles. The highest BCUT2D eigenvalue weighted by atomic mass is 35.5. The van der Waals surface area contributed by atoms with Crippen LogP contribution in [0.4, 0.5) is 5.69 Å². The van der Waals surface area contributed by atoms with Crippen molar-refractivity contribution in [2.45, 2.75) is 12.3 Å². The fraction of sp³-hybridized carbons (Fsp3) is 0.105. The standard InChI is InChI=1S/C19H14ClN3O3/c20-12-1-3-13(4-2-12)23-10-15(19(25)26)17-18(23)14(9-16(24)22-17)11-5-7-21-8-6-11/h1-8,10,14H,9H2,(H,22,24)(H,25,26)/t14-/m0/s1. The zero-order chi connectivity index (χ0) is 18.3. The molecule has 2 N–H and O–H groups in total. The van der Waals surface area contributed by atoms with Crippen molar-refractivity contribution in [3.8, 4) is 5.69 Å². The van der Waals surface area contributed by atoms with Crippen molar-refractivity contribution in [3.05, 3.63) is 76.8 Å². The summed E-state index contributed by atoms with van der Waals surface area (Å²) in [5.74, 6) is -1.58. The Morgan fingerprint density at radius 2 is 1.88 bits per heavy atom. The van der Waals surface area contributed by atoms with Gasteiger partial charge >= 0.3 is 5.97 Å². The van der Waals surface area contributed by atoms with E-state index in [9.17, 15) is 14.7 Å². The first kappa shape index (κ1) is 16.4. The molecule has 0 spiro atoms. The number of hydrogen-bond acceptors (Lipinski definition) is 3. The number of carbonyl (C=O) groups is 2. The van der Waals surface area contributed by atoms with Crippen LogP contribution in [0.15, 0.2) is 55.0 Å². The van der Waals surface area contributed by atoms with E-state index in [-0.39, 0.29) is 23.8 Å². The van der Waals surface area contributed by atoms with Gasteiger partial charge in [-0.2, -0.15) is 0 Å². The van der Waals surface area contributed by atoms with Crippen LogP contribution in [0.3, 0.4) is 0 Å². The summed E-state index contributed by atoms with van der Waals surface area (Å²) in [4.78, 5) is 28.0. The summed E-state index contributed by atoms with van der Waals surface area (Å²) < 4.78 is 1.81. The van der Waals surface area contributed by atoms with Gasteiger partial charge in [-0.15, -0.1) is 0 Å². The van der Waals surface area contributed by atoms with E-state index < -0.39 is 5.97 Å². The molecule has 1 aliphatic rings. The number of aromatic carboxylic acids is 1. The van der Waals surface area contributed by atoms with Crippen molar-refractivity contribution >= 4 is 29.2 Å². The highest BCUT2D eigenvalue weighted by Gasteiger charge is 2.34. The highest BCUT2D eigenvalue weighted by Crippen LogP contribution is 2.41. The van der Waals surface area contributed by atoms with Crippen molar-refractivity contribution in [2.75, 3.05) is 5.32 Å². The van der Waals surface area contributed by atoms with Gasteiger partial charge in [0.05, 0.1) is 11.4 Å². The number of rotatable bonds is 3. The topological polar surface area (TPSA) is 84.2 Å². The molecule has 0 radical (unpaired) electrons. The molecule has 4 rings (SSSR count). The zero-order valence-corrected chi connectivity index (χ0v) is 14.3. The number of nitrogens with zero attached hydrogens (tertiary/aromatic N) is 2. The maximum atomic E-state index is 12.2. The molecule has 0 aliphatic carbocycles. The number of amides is 1. The van der Waals surface area contributed by atoms with Gasteiger partial charge in [0, 0.05) is 41.6 Å². The lowest BCUT2D eigenvalue weighted by Crippen LogP contribution is -2.25. The molecule has 0 bridgehead atoms. The van der Waals surface area contributed by atoms with Crippen LogP contribution < -0.4 is 5.32 Å². The Morgan fingerprint density at radius 3 is 2.54 bits per heavy atom. The average Bonchev–Trinajstić information content (AvgIpc) is 3.02. The minimum absolute atomic E-state index is 0.0575. The van der Waals surface area contributed by atoms with E-state index in [1.54, 1.807) is 29.1 Å². The zero-order valence-electron chi connectivity index (χ0n) is 13.5. The highest BCUT2D eigenvalue weighted by molar-refractivity contribution is 6.30. The van der Waals surface area contributed by atoms with Gasteiger partial charge in [-0.25, -0.2) is 4.79 Å². The van der Waals surface area contributed by atoms with Gasteiger partial charge in [0.15, 0.2) is 0 Å². The van der Waals surface area contributed by atoms with E-state index in [0.717, 1.165) is 16.9 Å². The van der Waals surface area contributed by atoms with E-state index in [4.69, 9.17) is 11.6 Å². The van der Waals surface area contributed by atoms with Gasteiger partial charge in [0.1, 0.15) is 5.56 Å². The average molecular weight is 368 g/mol. The van der Waals surface area contributed by atoms with E-state index in [2.05, 4.69) is 10.3 Å². The van der Waals surface area contributed by atoms with Crippen molar-refractivity contribution < 1.29 is 14.7 Å². The van der Waals surface area contributed by atoms with Crippen molar-refractivity contribution in [1.29, 1.82) is 0 Å². The van der Waals surface area contributed by atoms with E-state index in [1.807, 2.05) is 24.3 Å². The predicted molar refractivity (Wildman–Crippen MR) is 97.1 cm³/mol. The summed E-state index contributed by atoms with van der Waals surface area (Å²) in [6, 6.07) is 10.8. The number of halogens is 1. The Morgan fingerprint density at radius 1 is 1.19 bits per heavy atom. The Bertz CT molecular complexity index is 997. The SMILES string of the molecule is O=C1C[C@@H](c2ccncc2)c2c(c(C(=O)O)cn2-c2ccc(Cl)cc2)N1. The summed E-state index contributed by atoms with van der Waals surface area (Å²) in [5, 5.41) is 12.9. The minimum atomic E-state index is -1.09. The second-order valence-electron chi connectivity index (χ2n) is 6.04. The molecule has 1 aliphatic heterocycles. The van der Waals surface area contributed by atoms with Crippen LogP contribution >= 0.6 is 11.6 Å². The number of hydrogen-bond donors (Lipinski definition) is 2. The Labute approximate surface area is 154 Å². The monoisotopic (exact) mass is 367 g/mol. The Hall–Kier alpha value is -3.12. The lowest BCUT2D eigenvalue weighted by atomic mass is 9.89.